The van der Waals surface area contributed by atoms with Gasteiger partial charge < -0.3 is 9.53 Å². The average molecular weight is 248 g/mol. The first-order valence-corrected chi connectivity index (χ1v) is 6.12. The summed E-state index contributed by atoms with van der Waals surface area (Å²) in [6.07, 6.45) is 1.15. The molecule has 0 saturated heterocycles. The maximum Gasteiger partial charge on any atom is 0.316 e. The Morgan fingerprint density at radius 3 is 2.28 bits per heavy atom. The maximum absolute atomic E-state index is 12.0. The highest BCUT2D eigenvalue weighted by molar-refractivity contribution is 5.82. The van der Waals surface area contributed by atoms with Crippen molar-refractivity contribution in [2.45, 2.75) is 45.6 Å². The van der Waals surface area contributed by atoms with Gasteiger partial charge in [0.15, 0.2) is 0 Å². The van der Waals surface area contributed by atoms with Crippen molar-refractivity contribution in [3.63, 3.8) is 0 Å². The second kappa shape index (κ2) is 5.80. The third kappa shape index (κ3) is 3.42. The van der Waals surface area contributed by atoms with Crippen LogP contribution in [0.5, 0.6) is 0 Å². The van der Waals surface area contributed by atoms with Crippen molar-refractivity contribution in [1.29, 1.82) is 0 Å². The molecule has 0 heterocycles. The molecule has 0 bridgehead atoms. The molecule has 0 aliphatic heterocycles. The molecule has 0 saturated carbocycles. The molecule has 0 N–H and O–H groups in total. The van der Waals surface area contributed by atoms with Gasteiger partial charge >= 0.3 is 5.97 Å². The zero-order chi connectivity index (χ0) is 13.8. The Bertz CT molecular complexity index is 416. The summed E-state index contributed by atoms with van der Waals surface area (Å²) in [6, 6.07) is 7.49. The zero-order valence-electron chi connectivity index (χ0n) is 11.4. The Morgan fingerprint density at radius 2 is 1.83 bits per heavy atom. The zero-order valence-corrected chi connectivity index (χ0v) is 11.4. The summed E-state index contributed by atoms with van der Waals surface area (Å²) in [4.78, 5) is 22.4. The number of rotatable bonds is 5. The van der Waals surface area contributed by atoms with E-state index in [2.05, 4.69) is 0 Å². The average Bonchev–Trinajstić information content (AvgIpc) is 2.29. The van der Waals surface area contributed by atoms with Gasteiger partial charge in [-0.15, -0.1) is 0 Å². The van der Waals surface area contributed by atoms with Gasteiger partial charge in [0.2, 0.25) is 0 Å². The van der Waals surface area contributed by atoms with Crippen LogP contribution in [0.25, 0.3) is 0 Å². The van der Waals surface area contributed by atoms with Crippen LogP contribution in [0.2, 0.25) is 0 Å². The van der Waals surface area contributed by atoms with E-state index in [0.29, 0.717) is 6.42 Å². The molecule has 0 radical (unpaired) electrons. The molecule has 0 aromatic heterocycles. The summed E-state index contributed by atoms with van der Waals surface area (Å²) < 4.78 is 5.25. The van der Waals surface area contributed by atoms with Gasteiger partial charge in [0.1, 0.15) is 6.29 Å². The Kier molecular flexibility index (Phi) is 4.65. The molecule has 0 aliphatic rings. The second-order valence-electron chi connectivity index (χ2n) is 5.15. The Balaban J connectivity index is 2.90. The molecule has 0 unspecified atom stereocenters. The number of esters is 1. The number of carbonyl (C=O) groups is 2. The topological polar surface area (TPSA) is 43.4 Å². The molecule has 3 heteroatoms. The van der Waals surface area contributed by atoms with Gasteiger partial charge in [-0.2, -0.15) is 0 Å². The number of aldehydes is 1. The highest BCUT2D eigenvalue weighted by Gasteiger charge is 2.31. The highest BCUT2D eigenvalue weighted by Crippen LogP contribution is 2.25. The van der Waals surface area contributed by atoms with Gasteiger partial charge in [0, 0.05) is 6.42 Å². The van der Waals surface area contributed by atoms with Gasteiger partial charge in [-0.05, 0) is 38.8 Å². The molecule has 0 amide bonds. The SMILES string of the molecule is CC(C)OC(=O)C(C)(C)c1ccc(CC=O)cc1. The number of carbonyl (C=O) groups excluding carboxylic acids is 2. The van der Waals surface area contributed by atoms with Crippen LogP contribution in [0.4, 0.5) is 0 Å². The number of hydrogen-bond donors (Lipinski definition) is 0. The predicted octanol–water partition coefficient (Wildman–Crippen LogP) is 2.66. The summed E-state index contributed by atoms with van der Waals surface area (Å²) >= 11 is 0. The fraction of sp³-hybridized carbons (Fsp3) is 0.467. The second-order valence-corrected chi connectivity index (χ2v) is 5.15. The van der Waals surface area contributed by atoms with Crippen LogP contribution >= 0.6 is 0 Å². The fourth-order valence-corrected chi connectivity index (χ4v) is 1.63. The molecule has 18 heavy (non-hydrogen) atoms. The van der Waals surface area contributed by atoms with Crippen molar-refractivity contribution in [3.8, 4) is 0 Å². The fourth-order valence-electron chi connectivity index (χ4n) is 1.63. The van der Waals surface area contributed by atoms with Crippen molar-refractivity contribution < 1.29 is 14.3 Å². The van der Waals surface area contributed by atoms with E-state index >= 15 is 0 Å². The van der Waals surface area contributed by atoms with Crippen molar-refractivity contribution in [2.75, 3.05) is 0 Å². The first-order chi connectivity index (χ1) is 8.37. The van der Waals surface area contributed by atoms with Gasteiger partial charge in [0.25, 0.3) is 0 Å². The van der Waals surface area contributed by atoms with Gasteiger partial charge in [-0.1, -0.05) is 24.3 Å². The van der Waals surface area contributed by atoms with E-state index in [1.54, 1.807) is 0 Å². The molecule has 0 aliphatic carbocycles. The summed E-state index contributed by atoms with van der Waals surface area (Å²) in [7, 11) is 0. The van der Waals surface area contributed by atoms with Crippen LogP contribution in [-0.2, 0) is 26.2 Å². The first kappa shape index (κ1) is 14.4. The summed E-state index contributed by atoms with van der Waals surface area (Å²) in [5, 5.41) is 0. The minimum Gasteiger partial charge on any atom is -0.462 e. The molecule has 1 aromatic carbocycles. The summed E-state index contributed by atoms with van der Waals surface area (Å²) in [6.45, 7) is 7.35. The third-order valence-corrected chi connectivity index (χ3v) is 2.85. The molecule has 3 nitrogen and oxygen atoms in total. The van der Waals surface area contributed by atoms with E-state index in [9.17, 15) is 9.59 Å². The van der Waals surface area contributed by atoms with E-state index < -0.39 is 5.41 Å². The molecule has 0 fully saturated rings. The molecule has 1 aromatic rings. The summed E-state index contributed by atoms with van der Waals surface area (Å²) in [5.41, 5.74) is 1.16. The van der Waals surface area contributed by atoms with Crippen LogP contribution in [-0.4, -0.2) is 18.4 Å². The van der Waals surface area contributed by atoms with Crippen LogP contribution < -0.4 is 0 Å². The van der Waals surface area contributed by atoms with E-state index in [1.165, 1.54) is 0 Å². The van der Waals surface area contributed by atoms with Crippen molar-refractivity contribution >= 4 is 12.3 Å². The Morgan fingerprint density at radius 1 is 1.28 bits per heavy atom. The van der Waals surface area contributed by atoms with Crippen molar-refractivity contribution in [3.05, 3.63) is 35.4 Å². The molecular formula is C15H20O3. The lowest BCUT2D eigenvalue weighted by atomic mass is 9.84. The molecular weight excluding hydrogens is 228 g/mol. The number of hydrogen-bond acceptors (Lipinski definition) is 3. The third-order valence-electron chi connectivity index (χ3n) is 2.85. The van der Waals surface area contributed by atoms with E-state index in [1.807, 2.05) is 52.0 Å². The Hall–Kier alpha value is -1.64. The van der Waals surface area contributed by atoms with Gasteiger partial charge in [-0.25, -0.2) is 0 Å². The quantitative estimate of drug-likeness (QED) is 0.594. The smallest absolute Gasteiger partial charge is 0.316 e. The minimum atomic E-state index is -0.677. The molecule has 98 valence electrons. The lowest BCUT2D eigenvalue weighted by Gasteiger charge is -2.24. The number of ether oxygens (including phenoxy) is 1. The van der Waals surface area contributed by atoms with E-state index in [0.717, 1.165) is 17.4 Å². The lowest BCUT2D eigenvalue weighted by molar-refractivity contribution is -0.153. The van der Waals surface area contributed by atoms with Crippen LogP contribution in [0.15, 0.2) is 24.3 Å². The summed E-state index contributed by atoms with van der Waals surface area (Å²) in [5.74, 6) is -0.236. The maximum atomic E-state index is 12.0. The van der Waals surface area contributed by atoms with Crippen LogP contribution in [0.1, 0.15) is 38.8 Å². The van der Waals surface area contributed by atoms with Crippen molar-refractivity contribution in [2.24, 2.45) is 0 Å². The van der Waals surface area contributed by atoms with E-state index in [-0.39, 0.29) is 12.1 Å². The Labute approximate surface area is 108 Å². The van der Waals surface area contributed by atoms with E-state index in [4.69, 9.17) is 4.74 Å². The van der Waals surface area contributed by atoms with Gasteiger partial charge in [0.05, 0.1) is 11.5 Å². The lowest BCUT2D eigenvalue weighted by Crippen LogP contribution is -2.32. The molecule has 1 rings (SSSR count). The molecule has 0 atom stereocenters. The largest absolute Gasteiger partial charge is 0.462 e. The van der Waals surface area contributed by atoms with Gasteiger partial charge in [-0.3, -0.25) is 4.79 Å². The van der Waals surface area contributed by atoms with Crippen molar-refractivity contribution in [1.82, 2.24) is 0 Å². The minimum absolute atomic E-state index is 0.119. The molecule has 0 spiro atoms. The first-order valence-electron chi connectivity index (χ1n) is 6.12. The predicted molar refractivity (Wildman–Crippen MR) is 70.5 cm³/mol. The highest BCUT2D eigenvalue weighted by atomic mass is 16.5. The van der Waals surface area contributed by atoms with Crippen LogP contribution in [0.3, 0.4) is 0 Å². The standard InChI is InChI=1S/C15H20O3/c1-11(2)18-14(17)15(3,4)13-7-5-12(6-8-13)9-10-16/h5-8,10-11H,9H2,1-4H3. The normalized spacial score (nSPS) is 11.4. The number of benzene rings is 1. The monoisotopic (exact) mass is 248 g/mol. The van der Waals surface area contributed by atoms with Crippen LogP contribution in [0, 0.1) is 0 Å².